The summed E-state index contributed by atoms with van der Waals surface area (Å²) in [5.41, 5.74) is 2.54. The molecule has 0 spiro atoms. The highest BCUT2D eigenvalue weighted by atomic mass is 16.5. The second-order valence-electron chi connectivity index (χ2n) is 7.80. The van der Waals surface area contributed by atoms with Crippen molar-refractivity contribution >= 4 is 11.8 Å². The Hall–Kier alpha value is -3.09. The van der Waals surface area contributed by atoms with Gasteiger partial charge in [-0.2, -0.15) is 0 Å². The molecule has 0 aliphatic carbocycles. The van der Waals surface area contributed by atoms with E-state index in [-0.39, 0.29) is 23.9 Å². The zero-order chi connectivity index (χ0) is 20.0. The van der Waals surface area contributed by atoms with Gasteiger partial charge in [0.2, 0.25) is 5.88 Å². The molecule has 7 nitrogen and oxygen atoms in total. The van der Waals surface area contributed by atoms with Gasteiger partial charge < -0.3 is 19.7 Å². The van der Waals surface area contributed by atoms with Crippen molar-refractivity contribution < 1.29 is 19.1 Å². The van der Waals surface area contributed by atoms with E-state index in [1.165, 1.54) is 0 Å². The molecule has 1 aromatic heterocycles. The smallest absolute Gasteiger partial charge is 0.264 e. The van der Waals surface area contributed by atoms with Crippen molar-refractivity contribution in [3.63, 3.8) is 0 Å². The molecule has 0 bridgehead atoms. The maximum Gasteiger partial charge on any atom is 0.264 e. The number of nitrogens with zero attached hydrogens (tertiary/aromatic N) is 2. The van der Waals surface area contributed by atoms with Crippen LogP contribution in [0.1, 0.15) is 34.8 Å². The van der Waals surface area contributed by atoms with Gasteiger partial charge in [-0.25, -0.2) is 4.98 Å². The van der Waals surface area contributed by atoms with Crippen molar-refractivity contribution in [3.8, 4) is 11.6 Å². The van der Waals surface area contributed by atoms with Crippen LogP contribution in [-0.2, 0) is 17.6 Å². The SMILES string of the molecule is C[C@@H]1[C@H](NC(=O)c2ccnc3c2CCO3)CCN1C(=O)C1Cc2ccccc2O1. The van der Waals surface area contributed by atoms with E-state index < -0.39 is 6.10 Å². The van der Waals surface area contributed by atoms with Crippen LogP contribution in [0.4, 0.5) is 0 Å². The molecule has 3 aliphatic heterocycles. The summed E-state index contributed by atoms with van der Waals surface area (Å²) in [6.45, 7) is 3.15. The quantitative estimate of drug-likeness (QED) is 0.859. The average molecular weight is 393 g/mol. The van der Waals surface area contributed by atoms with Crippen LogP contribution in [0.2, 0.25) is 0 Å². The van der Waals surface area contributed by atoms with Gasteiger partial charge in [-0.15, -0.1) is 0 Å². The predicted molar refractivity (Wildman–Crippen MR) is 105 cm³/mol. The van der Waals surface area contributed by atoms with E-state index in [2.05, 4.69) is 10.3 Å². The third-order valence-electron chi connectivity index (χ3n) is 6.13. The summed E-state index contributed by atoms with van der Waals surface area (Å²) in [5, 5.41) is 3.11. The van der Waals surface area contributed by atoms with Gasteiger partial charge in [0, 0.05) is 42.8 Å². The number of carbonyl (C=O) groups is 2. The molecule has 2 amide bonds. The molecular formula is C22H23N3O4. The standard InChI is InChI=1S/C22H23N3O4/c1-13-17(24-20(26)15-6-9-23-21-16(15)8-11-28-21)7-10-25(13)22(27)19-12-14-4-2-3-5-18(14)29-19/h2-6,9,13,17,19H,7-8,10-12H2,1H3,(H,24,26)/t13-,17-,19?/m1/s1. The third-order valence-corrected chi connectivity index (χ3v) is 6.13. The van der Waals surface area contributed by atoms with Crippen LogP contribution in [0.25, 0.3) is 0 Å². The van der Waals surface area contributed by atoms with Gasteiger partial charge in [-0.05, 0) is 31.0 Å². The molecule has 1 N–H and O–H groups in total. The van der Waals surface area contributed by atoms with Crippen molar-refractivity contribution in [2.24, 2.45) is 0 Å². The molecule has 0 saturated carbocycles. The Morgan fingerprint density at radius 1 is 1.24 bits per heavy atom. The lowest BCUT2D eigenvalue weighted by Gasteiger charge is -2.27. The first-order valence-electron chi connectivity index (χ1n) is 10.1. The van der Waals surface area contributed by atoms with Crippen molar-refractivity contribution in [1.29, 1.82) is 0 Å². The summed E-state index contributed by atoms with van der Waals surface area (Å²) < 4.78 is 11.3. The largest absolute Gasteiger partial charge is 0.480 e. The molecular weight excluding hydrogens is 370 g/mol. The van der Waals surface area contributed by atoms with Gasteiger partial charge in [0.1, 0.15) is 5.75 Å². The van der Waals surface area contributed by atoms with Gasteiger partial charge in [0.05, 0.1) is 12.6 Å². The Labute approximate surface area is 169 Å². The van der Waals surface area contributed by atoms with Gasteiger partial charge >= 0.3 is 0 Å². The summed E-state index contributed by atoms with van der Waals surface area (Å²) in [5.74, 6) is 1.19. The molecule has 4 heterocycles. The Balaban J connectivity index is 1.25. The van der Waals surface area contributed by atoms with Crippen LogP contribution in [0.15, 0.2) is 36.5 Å². The monoisotopic (exact) mass is 393 g/mol. The number of nitrogens with one attached hydrogen (secondary N) is 1. The lowest BCUT2D eigenvalue weighted by Crippen LogP contribution is -2.48. The van der Waals surface area contributed by atoms with Crippen LogP contribution in [0.3, 0.4) is 0 Å². The fourth-order valence-electron chi connectivity index (χ4n) is 4.50. The zero-order valence-electron chi connectivity index (χ0n) is 16.3. The molecule has 1 aromatic carbocycles. The molecule has 1 saturated heterocycles. The van der Waals surface area contributed by atoms with Crippen LogP contribution < -0.4 is 14.8 Å². The summed E-state index contributed by atoms with van der Waals surface area (Å²) in [6.07, 6.45) is 3.13. The maximum absolute atomic E-state index is 13.0. The molecule has 0 radical (unpaired) electrons. The topological polar surface area (TPSA) is 80.8 Å². The molecule has 1 unspecified atom stereocenters. The Bertz CT molecular complexity index is 951. The number of rotatable bonds is 3. The maximum atomic E-state index is 13.0. The summed E-state index contributed by atoms with van der Waals surface area (Å²) in [4.78, 5) is 31.9. The summed E-state index contributed by atoms with van der Waals surface area (Å²) >= 11 is 0. The number of aromatic nitrogens is 1. The fourth-order valence-corrected chi connectivity index (χ4v) is 4.50. The number of likely N-dealkylation sites (tertiary alicyclic amines) is 1. The first-order valence-corrected chi connectivity index (χ1v) is 10.1. The minimum Gasteiger partial charge on any atom is -0.480 e. The highest BCUT2D eigenvalue weighted by Crippen LogP contribution is 2.31. The lowest BCUT2D eigenvalue weighted by molar-refractivity contribution is -0.138. The molecule has 3 aliphatic rings. The number of hydrogen-bond donors (Lipinski definition) is 1. The number of hydrogen-bond acceptors (Lipinski definition) is 5. The highest BCUT2D eigenvalue weighted by Gasteiger charge is 2.40. The number of benzene rings is 1. The first kappa shape index (κ1) is 18.0. The van der Waals surface area contributed by atoms with E-state index in [1.807, 2.05) is 36.1 Å². The second-order valence-corrected chi connectivity index (χ2v) is 7.80. The first-order chi connectivity index (χ1) is 14.1. The van der Waals surface area contributed by atoms with Crippen molar-refractivity contribution in [3.05, 3.63) is 53.2 Å². The Morgan fingerprint density at radius 3 is 2.97 bits per heavy atom. The number of pyridine rings is 1. The van der Waals surface area contributed by atoms with Gasteiger partial charge in [0.25, 0.3) is 11.8 Å². The van der Waals surface area contributed by atoms with E-state index in [4.69, 9.17) is 9.47 Å². The summed E-state index contributed by atoms with van der Waals surface area (Å²) in [6, 6.07) is 9.31. The average Bonchev–Trinajstić information content (AvgIpc) is 3.45. The van der Waals surface area contributed by atoms with Gasteiger partial charge in [-0.1, -0.05) is 18.2 Å². The van der Waals surface area contributed by atoms with Gasteiger partial charge in [0.15, 0.2) is 6.10 Å². The number of carbonyl (C=O) groups excluding carboxylic acids is 2. The molecule has 29 heavy (non-hydrogen) atoms. The molecule has 5 rings (SSSR count). The predicted octanol–water partition coefficient (Wildman–Crippen LogP) is 1.74. The number of amides is 2. The third kappa shape index (κ3) is 3.10. The van der Waals surface area contributed by atoms with Crippen LogP contribution in [0.5, 0.6) is 11.6 Å². The molecule has 3 atom stereocenters. The fraction of sp³-hybridized carbons (Fsp3) is 0.409. The number of para-hydroxylation sites is 1. The normalized spacial score (nSPS) is 24.4. The second kappa shape index (κ2) is 7.06. The molecule has 7 heteroatoms. The van der Waals surface area contributed by atoms with E-state index in [1.54, 1.807) is 12.3 Å². The number of ether oxygens (including phenoxy) is 2. The van der Waals surface area contributed by atoms with E-state index in [9.17, 15) is 9.59 Å². The van der Waals surface area contributed by atoms with Crippen LogP contribution in [0, 0.1) is 0 Å². The van der Waals surface area contributed by atoms with E-state index in [0.29, 0.717) is 37.4 Å². The number of fused-ring (bicyclic) bond motifs is 2. The van der Waals surface area contributed by atoms with Gasteiger partial charge in [-0.3, -0.25) is 9.59 Å². The van der Waals surface area contributed by atoms with Crippen molar-refractivity contribution in [2.45, 2.75) is 44.4 Å². The lowest BCUT2D eigenvalue weighted by atomic mass is 10.1. The Morgan fingerprint density at radius 2 is 2.10 bits per heavy atom. The van der Waals surface area contributed by atoms with Crippen LogP contribution >= 0.6 is 0 Å². The summed E-state index contributed by atoms with van der Waals surface area (Å²) in [7, 11) is 0. The highest BCUT2D eigenvalue weighted by molar-refractivity contribution is 5.96. The molecule has 150 valence electrons. The van der Waals surface area contributed by atoms with Crippen LogP contribution in [-0.4, -0.2) is 53.0 Å². The van der Waals surface area contributed by atoms with Crippen molar-refractivity contribution in [2.75, 3.05) is 13.2 Å². The molecule has 2 aromatic rings. The van der Waals surface area contributed by atoms with Crippen molar-refractivity contribution in [1.82, 2.24) is 15.2 Å². The zero-order valence-corrected chi connectivity index (χ0v) is 16.3. The van der Waals surface area contributed by atoms with E-state index >= 15 is 0 Å². The minimum atomic E-state index is -0.482. The van der Waals surface area contributed by atoms with E-state index in [0.717, 1.165) is 23.3 Å². The minimum absolute atomic E-state index is 0.0105. The Kier molecular flexibility index (Phi) is 4.38. The molecule has 1 fully saturated rings.